The standard InChI is InChI=1S/C13H15NO4S/c1-13(2,3)18-12(15)14-10-7-5-4-6-9(10)8-11(14)19(16)17/h4-8H,1-3H3,(H,16,17). The summed E-state index contributed by atoms with van der Waals surface area (Å²) in [6.07, 6.45) is -0.661. The van der Waals surface area contributed by atoms with Crippen molar-refractivity contribution in [1.82, 2.24) is 4.57 Å². The average Bonchev–Trinajstić information content (AvgIpc) is 2.65. The smallest absolute Gasteiger partial charge is 0.420 e. The number of hydrogen-bond donors (Lipinski definition) is 1. The lowest BCUT2D eigenvalue weighted by Crippen LogP contribution is -2.28. The number of para-hydroxylation sites is 1. The van der Waals surface area contributed by atoms with Crippen molar-refractivity contribution in [3.05, 3.63) is 30.3 Å². The van der Waals surface area contributed by atoms with Gasteiger partial charge in [0.2, 0.25) is 11.1 Å². The summed E-state index contributed by atoms with van der Waals surface area (Å²) in [4.78, 5) is 12.2. The third-order valence-corrected chi connectivity index (χ3v) is 3.09. The number of fused-ring (bicyclic) bond motifs is 1. The zero-order valence-electron chi connectivity index (χ0n) is 10.9. The van der Waals surface area contributed by atoms with Crippen LogP contribution >= 0.6 is 0 Å². The minimum atomic E-state index is -2.26. The van der Waals surface area contributed by atoms with Crippen molar-refractivity contribution in [2.75, 3.05) is 0 Å². The van der Waals surface area contributed by atoms with E-state index in [2.05, 4.69) is 0 Å². The van der Waals surface area contributed by atoms with Crippen LogP contribution in [0.3, 0.4) is 0 Å². The normalized spacial score (nSPS) is 13.5. The molecule has 19 heavy (non-hydrogen) atoms. The second kappa shape index (κ2) is 4.79. The molecule has 0 aliphatic carbocycles. The Hall–Kier alpha value is -1.66. The van der Waals surface area contributed by atoms with Crippen molar-refractivity contribution in [3.63, 3.8) is 0 Å². The van der Waals surface area contributed by atoms with Gasteiger partial charge in [-0.1, -0.05) is 18.2 Å². The Morgan fingerprint density at radius 1 is 1.32 bits per heavy atom. The summed E-state index contributed by atoms with van der Waals surface area (Å²) < 4.78 is 27.0. The van der Waals surface area contributed by atoms with Crippen LogP contribution in [0.4, 0.5) is 4.79 Å². The molecule has 1 atom stereocenters. The fourth-order valence-corrected chi connectivity index (χ4v) is 2.31. The predicted octanol–water partition coefficient (Wildman–Crippen LogP) is 3.01. The number of carbonyl (C=O) groups excluding carboxylic acids is 1. The lowest BCUT2D eigenvalue weighted by molar-refractivity contribution is 0.0530. The van der Waals surface area contributed by atoms with Gasteiger partial charge in [-0.2, -0.15) is 0 Å². The van der Waals surface area contributed by atoms with Crippen LogP contribution in [-0.4, -0.2) is 25.0 Å². The largest absolute Gasteiger partial charge is 0.443 e. The molecule has 6 heteroatoms. The summed E-state index contributed by atoms with van der Waals surface area (Å²) in [5.74, 6) is 0. The molecule has 0 bridgehead atoms. The molecule has 0 aliphatic rings. The summed E-state index contributed by atoms with van der Waals surface area (Å²) in [5.41, 5.74) is -0.120. The Balaban J connectivity index is 2.60. The van der Waals surface area contributed by atoms with Crippen LogP contribution in [0.15, 0.2) is 35.4 Å². The highest BCUT2D eigenvalue weighted by Crippen LogP contribution is 2.23. The Morgan fingerprint density at radius 3 is 2.53 bits per heavy atom. The SMILES string of the molecule is CC(C)(C)OC(=O)n1c(S(=O)O)cc2ccccc21. The topological polar surface area (TPSA) is 68.5 Å². The van der Waals surface area contributed by atoms with E-state index in [-0.39, 0.29) is 5.03 Å². The molecule has 0 saturated carbocycles. The molecule has 5 nitrogen and oxygen atoms in total. The molecule has 2 aromatic rings. The van der Waals surface area contributed by atoms with Gasteiger partial charge in [0.15, 0.2) is 0 Å². The fourth-order valence-electron chi connectivity index (χ4n) is 1.75. The number of aromatic nitrogens is 1. The monoisotopic (exact) mass is 281 g/mol. The molecule has 0 radical (unpaired) electrons. The summed E-state index contributed by atoms with van der Waals surface area (Å²) in [5, 5.41) is 0.723. The van der Waals surface area contributed by atoms with Crippen LogP contribution < -0.4 is 0 Å². The van der Waals surface area contributed by atoms with Crippen molar-refractivity contribution < 1.29 is 18.3 Å². The fraction of sp³-hybridized carbons (Fsp3) is 0.308. The Kier molecular flexibility index (Phi) is 3.47. The van der Waals surface area contributed by atoms with E-state index < -0.39 is 22.8 Å². The van der Waals surface area contributed by atoms with Gasteiger partial charge in [0, 0.05) is 5.39 Å². The van der Waals surface area contributed by atoms with E-state index in [1.165, 1.54) is 6.07 Å². The molecule has 2 rings (SSSR count). The maximum atomic E-state index is 12.2. The highest BCUT2D eigenvalue weighted by atomic mass is 32.2. The van der Waals surface area contributed by atoms with Crippen LogP contribution in [0, 0.1) is 0 Å². The Bertz CT molecular complexity index is 654. The predicted molar refractivity (Wildman–Crippen MR) is 72.6 cm³/mol. The van der Waals surface area contributed by atoms with E-state index in [4.69, 9.17) is 4.74 Å². The van der Waals surface area contributed by atoms with Crippen LogP contribution in [0.25, 0.3) is 10.9 Å². The molecular formula is C13H15NO4S. The number of carbonyl (C=O) groups is 1. The van der Waals surface area contributed by atoms with Crippen LogP contribution in [0.5, 0.6) is 0 Å². The first-order chi connectivity index (χ1) is 8.79. The third-order valence-electron chi connectivity index (χ3n) is 2.43. The molecule has 0 spiro atoms. The first-order valence-corrected chi connectivity index (χ1v) is 6.85. The molecule has 1 aromatic heterocycles. The van der Waals surface area contributed by atoms with E-state index in [9.17, 15) is 13.6 Å². The van der Waals surface area contributed by atoms with Crippen molar-refractivity contribution in [1.29, 1.82) is 0 Å². The van der Waals surface area contributed by atoms with E-state index in [0.717, 1.165) is 4.57 Å². The molecule has 1 heterocycles. The maximum absolute atomic E-state index is 12.2. The second-order valence-electron chi connectivity index (χ2n) is 5.11. The average molecular weight is 281 g/mol. The van der Waals surface area contributed by atoms with E-state index in [1.54, 1.807) is 45.0 Å². The van der Waals surface area contributed by atoms with Gasteiger partial charge in [0.05, 0.1) is 5.52 Å². The molecule has 102 valence electrons. The molecular weight excluding hydrogens is 266 g/mol. The maximum Gasteiger partial charge on any atom is 0.420 e. The van der Waals surface area contributed by atoms with Gasteiger partial charge < -0.3 is 9.29 Å². The van der Waals surface area contributed by atoms with Crippen LogP contribution in [0.1, 0.15) is 20.8 Å². The first kappa shape index (κ1) is 13.8. The second-order valence-corrected chi connectivity index (χ2v) is 6.02. The van der Waals surface area contributed by atoms with Gasteiger partial charge in [-0.3, -0.25) is 0 Å². The summed E-state index contributed by atoms with van der Waals surface area (Å²) in [6, 6.07) is 8.54. The van der Waals surface area contributed by atoms with E-state index in [1.807, 2.05) is 0 Å². The van der Waals surface area contributed by atoms with Gasteiger partial charge in [-0.25, -0.2) is 13.6 Å². The quantitative estimate of drug-likeness (QED) is 0.816. The van der Waals surface area contributed by atoms with E-state index >= 15 is 0 Å². The molecule has 0 saturated heterocycles. The van der Waals surface area contributed by atoms with Crippen LogP contribution in [-0.2, 0) is 15.8 Å². The molecule has 1 unspecified atom stereocenters. The van der Waals surface area contributed by atoms with Gasteiger partial charge in [0.1, 0.15) is 10.6 Å². The molecule has 1 N–H and O–H groups in total. The van der Waals surface area contributed by atoms with Crippen LogP contribution in [0.2, 0.25) is 0 Å². The molecule has 1 aromatic carbocycles. The summed E-state index contributed by atoms with van der Waals surface area (Å²) >= 11 is -2.26. The lowest BCUT2D eigenvalue weighted by Gasteiger charge is -2.20. The number of rotatable bonds is 1. The number of benzene rings is 1. The Morgan fingerprint density at radius 2 is 1.95 bits per heavy atom. The summed E-state index contributed by atoms with van der Waals surface area (Å²) in [7, 11) is 0. The minimum absolute atomic E-state index is 0.00968. The van der Waals surface area contributed by atoms with Crippen molar-refractivity contribution in [2.24, 2.45) is 0 Å². The van der Waals surface area contributed by atoms with Crippen molar-refractivity contribution in [2.45, 2.75) is 31.4 Å². The van der Waals surface area contributed by atoms with E-state index in [0.29, 0.717) is 10.9 Å². The number of ether oxygens (including phenoxy) is 1. The van der Waals surface area contributed by atoms with Gasteiger partial charge in [0.25, 0.3) is 0 Å². The molecule has 0 fully saturated rings. The van der Waals surface area contributed by atoms with Gasteiger partial charge in [-0.05, 0) is 32.9 Å². The third kappa shape index (κ3) is 2.85. The minimum Gasteiger partial charge on any atom is -0.443 e. The van der Waals surface area contributed by atoms with Crippen molar-refractivity contribution in [3.8, 4) is 0 Å². The highest BCUT2D eigenvalue weighted by Gasteiger charge is 2.23. The Labute approximate surface area is 113 Å². The zero-order valence-corrected chi connectivity index (χ0v) is 11.7. The lowest BCUT2D eigenvalue weighted by atomic mass is 10.2. The molecule has 0 aliphatic heterocycles. The van der Waals surface area contributed by atoms with Crippen molar-refractivity contribution >= 4 is 28.1 Å². The highest BCUT2D eigenvalue weighted by molar-refractivity contribution is 7.79. The van der Waals surface area contributed by atoms with Gasteiger partial charge >= 0.3 is 6.09 Å². The number of nitrogens with zero attached hydrogens (tertiary/aromatic N) is 1. The number of hydrogen-bond acceptors (Lipinski definition) is 3. The summed E-state index contributed by atoms with van der Waals surface area (Å²) in [6.45, 7) is 5.23. The first-order valence-electron chi connectivity index (χ1n) is 5.74. The zero-order chi connectivity index (χ0) is 14.2. The van der Waals surface area contributed by atoms with Gasteiger partial charge in [-0.15, -0.1) is 0 Å². The molecule has 0 amide bonds.